The monoisotopic (exact) mass is 468 g/mol. The van der Waals surface area contributed by atoms with Crippen LogP contribution in [0.1, 0.15) is 18.4 Å². The zero-order chi connectivity index (χ0) is 24.0. The average molecular weight is 469 g/mol. The van der Waals surface area contributed by atoms with Crippen molar-refractivity contribution in [2.45, 2.75) is 19.4 Å². The topological polar surface area (TPSA) is 75.9 Å². The Labute approximate surface area is 202 Å². The van der Waals surface area contributed by atoms with Gasteiger partial charge in [0.15, 0.2) is 5.82 Å². The number of carbonyl (C=O) groups is 1. The second-order valence-electron chi connectivity index (χ2n) is 8.34. The molecule has 35 heavy (non-hydrogen) atoms. The molecule has 0 saturated carbocycles. The van der Waals surface area contributed by atoms with Crippen LogP contribution in [0.3, 0.4) is 0 Å². The molecule has 1 amide bonds. The zero-order valence-corrected chi connectivity index (χ0v) is 19.1. The summed E-state index contributed by atoms with van der Waals surface area (Å²) in [6.07, 6.45) is 7.99. The van der Waals surface area contributed by atoms with E-state index in [1.807, 2.05) is 54.6 Å². The third-order valence-corrected chi connectivity index (χ3v) is 5.98. The molecule has 3 heterocycles. The Morgan fingerprint density at radius 3 is 2.66 bits per heavy atom. The van der Waals surface area contributed by atoms with Crippen LogP contribution in [0.4, 0.5) is 15.9 Å². The molecule has 0 fully saturated rings. The van der Waals surface area contributed by atoms with Crippen molar-refractivity contribution in [1.29, 1.82) is 0 Å². The highest BCUT2D eigenvalue weighted by Crippen LogP contribution is 2.34. The van der Waals surface area contributed by atoms with Crippen LogP contribution in [0.15, 0.2) is 85.3 Å². The van der Waals surface area contributed by atoms with Gasteiger partial charge in [0, 0.05) is 37.5 Å². The van der Waals surface area contributed by atoms with Crippen molar-refractivity contribution in [3.05, 3.63) is 96.7 Å². The summed E-state index contributed by atoms with van der Waals surface area (Å²) >= 11 is 0. The van der Waals surface area contributed by atoms with Gasteiger partial charge in [-0.3, -0.25) is 9.48 Å². The number of aromatic nitrogens is 4. The lowest BCUT2D eigenvalue weighted by Crippen LogP contribution is -2.36. The normalized spacial score (nSPS) is 13.4. The van der Waals surface area contributed by atoms with Crippen LogP contribution in [0, 0.1) is 5.82 Å². The van der Waals surface area contributed by atoms with Crippen LogP contribution in [-0.4, -0.2) is 43.9 Å². The smallest absolute Gasteiger partial charge is 0.224 e. The number of hydrogen-bond acceptors (Lipinski definition) is 5. The molecule has 0 unspecified atom stereocenters. The minimum atomic E-state index is -0.363. The average Bonchev–Trinajstić information content (AvgIpc) is 3.43. The number of nitrogens with one attached hydrogen (secondary N) is 1. The van der Waals surface area contributed by atoms with Gasteiger partial charge in [0.1, 0.15) is 5.82 Å². The molecule has 7 nitrogen and oxygen atoms in total. The van der Waals surface area contributed by atoms with Crippen LogP contribution in [-0.2, 0) is 11.3 Å². The van der Waals surface area contributed by atoms with E-state index in [-0.39, 0.29) is 11.7 Å². The fraction of sp³-hybridized carbons (Fsp3) is 0.185. The summed E-state index contributed by atoms with van der Waals surface area (Å²) in [5.41, 5.74) is 3.49. The number of anilines is 2. The van der Waals surface area contributed by atoms with Crippen molar-refractivity contribution in [2.75, 3.05) is 18.4 Å². The van der Waals surface area contributed by atoms with E-state index < -0.39 is 0 Å². The SMILES string of the molecule is O=C(CCn1ccnn1)N1CCC=C(c2cc(-c3ccccc3)cc(Nc3ccccn3)c2F)C1. The summed E-state index contributed by atoms with van der Waals surface area (Å²) < 4.78 is 17.5. The Hall–Kier alpha value is -4.33. The molecule has 8 heteroatoms. The van der Waals surface area contributed by atoms with Gasteiger partial charge in [0.05, 0.1) is 18.4 Å². The highest BCUT2D eigenvalue weighted by Gasteiger charge is 2.23. The fourth-order valence-electron chi connectivity index (χ4n) is 4.19. The molecule has 1 aliphatic rings. The van der Waals surface area contributed by atoms with E-state index in [1.165, 1.54) is 0 Å². The summed E-state index contributed by atoms with van der Waals surface area (Å²) in [6.45, 7) is 1.43. The van der Waals surface area contributed by atoms with Gasteiger partial charge in [-0.15, -0.1) is 5.10 Å². The van der Waals surface area contributed by atoms with Gasteiger partial charge in [-0.05, 0) is 47.4 Å². The number of halogens is 1. The van der Waals surface area contributed by atoms with E-state index in [1.54, 1.807) is 40.3 Å². The molecule has 0 aliphatic carbocycles. The van der Waals surface area contributed by atoms with Crippen molar-refractivity contribution in [1.82, 2.24) is 24.9 Å². The highest BCUT2D eigenvalue weighted by molar-refractivity contribution is 5.83. The summed E-state index contributed by atoms with van der Waals surface area (Å²) in [5.74, 6) is 0.209. The third-order valence-electron chi connectivity index (χ3n) is 5.98. The van der Waals surface area contributed by atoms with Gasteiger partial charge in [-0.1, -0.05) is 47.7 Å². The maximum Gasteiger partial charge on any atom is 0.224 e. The molecule has 5 rings (SSSR count). The number of nitrogens with zero attached hydrogens (tertiary/aromatic N) is 5. The van der Waals surface area contributed by atoms with Crippen molar-refractivity contribution >= 4 is 23.0 Å². The number of carbonyl (C=O) groups excluding carboxylic acids is 1. The number of amides is 1. The number of rotatable bonds is 7. The zero-order valence-electron chi connectivity index (χ0n) is 19.1. The molecule has 0 atom stereocenters. The Morgan fingerprint density at radius 2 is 1.89 bits per heavy atom. The van der Waals surface area contributed by atoms with E-state index >= 15 is 4.39 Å². The first-order valence-corrected chi connectivity index (χ1v) is 11.6. The van der Waals surface area contributed by atoms with E-state index in [9.17, 15) is 4.79 Å². The van der Waals surface area contributed by atoms with Crippen LogP contribution in [0.2, 0.25) is 0 Å². The Morgan fingerprint density at radius 1 is 1.03 bits per heavy atom. The van der Waals surface area contributed by atoms with Gasteiger partial charge < -0.3 is 10.2 Å². The number of benzene rings is 2. The quantitative estimate of drug-likeness (QED) is 0.416. The molecule has 0 radical (unpaired) electrons. The number of aryl methyl sites for hydroxylation is 1. The summed E-state index contributed by atoms with van der Waals surface area (Å²) in [4.78, 5) is 18.9. The third kappa shape index (κ3) is 5.27. The fourth-order valence-corrected chi connectivity index (χ4v) is 4.19. The van der Waals surface area contributed by atoms with Crippen LogP contribution in [0.25, 0.3) is 16.7 Å². The van der Waals surface area contributed by atoms with Gasteiger partial charge in [-0.25, -0.2) is 9.37 Å². The molecule has 1 N–H and O–H groups in total. The van der Waals surface area contributed by atoms with Crippen molar-refractivity contribution < 1.29 is 9.18 Å². The second-order valence-corrected chi connectivity index (χ2v) is 8.34. The molecule has 0 bridgehead atoms. The maximum atomic E-state index is 15.8. The highest BCUT2D eigenvalue weighted by atomic mass is 19.1. The Bertz CT molecular complexity index is 1320. The van der Waals surface area contributed by atoms with Gasteiger partial charge >= 0.3 is 0 Å². The van der Waals surface area contributed by atoms with Crippen molar-refractivity contribution in [3.63, 3.8) is 0 Å². The molecule has 2 aromatic carbocycles. The molecule has 176 valence electrons. The van der Waals surface area contributed by atoms with E-state index in [2.05, 4.69) is 20.6 Å². The summed E-state index contributed by atoms with van der Waals surface area (Å²) in [7, 11) is 0. The Kier molecular flexibility index (Phi) is 6.61. The minimum absolute atomic E-state index is 0.0116. The molecule has 0 saturated heterocycles. The minimum Gasteiger partial charge on any atom is -0.338 e. The lowest BCUT2D eigenvalue weighted by molar-refractivity contribution is -0.131. The standard InChI is InChI=1S/C27H25FN6O/c28-27-23(21-9-6-14-33(19-21)26(35)11-15-34-16-13-30-32-34)17-22(20-7-2-1-3-8-20)18-24(27)31-25-10-4-5-12-29-25/h1-5,7-10,12-13,16-18H,6,11,14-15,19H2,(H,29,31). The van der Waals surface area contributed by atoms with Crippen molar-refractivity contribution in [2.24, 2.45) is 0 Å². The first-order valence-electron chi connectivity index (χ1n) is 11.6. The largest absolute Gasteiger partial charge is 0.338 e. The molecule has 0 spiro atoms. The molecule has 2 aromatic heterocycles. The molecule has 4 aromatic rings. The van der Waals surface area contributed by atoms with Gasteiger partial charge in [0.2, 0.25) is 5.91 Å². The second kappa shape index (κ2) is 10.3. The molecular weight excluding hydrogens is 443 g/mol. The Balaban J connectivity index is 1.44. The van der Waals surface area contributed by atoms with E-state index in [0.29, 0.717) is 49.5 Å². The van der Waals surface area contributed by atoms with Crippen LogP contribution < -0.4 is 5.32 Å². The first kappa shape index (κ1) is 22.5. The molecule has 1 aliphatic heterocycles. The van der Waals surface area contributed by atoms with E-state index in [0.717, 1.165) is 16.7 Å². The predicted octanol–water partition coefficient (Wildman–Crippen LogP) is 4.93. The van der Waals surface area contributed by atoms with Gasteiger partial charge in [-0.2, -0.15) is 0 Å². The lowest BCUT2D eigenvalue weighted by atomic mass is 9.95. The van der Waals surface area contributed by atoms with E-state index in [4.69, 9.17) is 0 Å². The summed E-state index contributed by atoms with van der Waals surface area (Å²) in [6, 6.07) is 19.0. The number of hydrogen-bond donors (Lipinski definition) is 1. The van der Waals surface area contributed by atoms with Crippen LogP contribution in [0.5, 0.6) is 0 Å². The van der Waals surface area contributed by atoms with Gasteiger partial charge in [0.25, 0.3) is 0 Å². The first-order chi connectivity index (χ1) is 17.2. The molecular formula is C27H25FN6O. The summed E-state index contributed by atoms with van der Waals surface area (Å²) in [5, 5.41) is 10.8. The number of pyridine rings is 1. The maximum absolute atomic E-state index is 15.8. The van der Waals surface area contributed by atoms with Crippen molar-refractivity contribution in [3.8, 4) is 11.1 Å². The van der Waals surface area contributed by atoms with Crippen LogP contribution >= 0.6 is 0 Å². The predicted molar refractivity (Wildman–Crippen MR) is 133 cm³/mol. The lowest BCUT2D eigenvalue weighted by Gasteiger charge is -2.28.